The van der Waals surface area contributed by atoms with Gasteiger partial charge < -0.3 is 10.2 Å². The number of carbonyl (C=O) groups excluding carboxylic acids is 2. The Balaban J connectivity index is 1.49. The summed E-state index contributed by atoms with van der Waals surface area (Å²) in [6.07, 6.45) is 6.99. The predicted molar refractivity (Wildman–Crippen MR) is 103 cm³/mol. The van der Waals surface area contributed by atoms with Crippen LogP contribution >= 0.6 is 11.6 Å². The number of benzene rings is 1. The summed E-state index contributed by atoms with van der Waals surface area (Å²) in [6, 6.07) is 8.81. The molecule has 1 saturated carbocycles. The van der Waals surface area contributed by atoms with Crippen molar-refractivity contribution in [3.05, 3.63) is 53.3 Å². The van der Waals surface area contributed by atoms with Crippen molar-refractivity contribution in [2.75, 3.05) is 19.6 Å². The molecule has 2 fully saturated rings. The van der Waals surface area contributed by atoms with Crippen molar-refractivity contribution in [2.45, 2.75) is 31.2 Å². The molecule has 0 bridgehead atoms. The van der Waals surface area contributed by atoms with E-state index in [1.807, 2.05) is 12.3 Å². The van der Waals surface area contributed by atoms with Crippen LogP contribution < -0.4 is 5.32 Å². The Labute approximate surface area is 163 Å². The minimum atomic E-state index is -0.733. The highest BCUT2D eigenvalue weighted by atomic mass is 35.5. The molecule has 4 rings (SSSR count). The minimum Gasteiger partial charge on any atom is -0.354 e. The Hall–Kier alpha value is -2.34. The third kappa shape index (κ3) is 3.72. The SMILES string of the molecule is O=C(c1cccc(Cl)c1)N1CCC(C(=O)NCC2CC2)(n2cccn2)CC1. The van der Waals surface area contributed by atoms with E-state index in [4.69, 9.17) is 11.6 Å². The molecular weight excluding hydrogens is 364 g/mol. The summed E-state index contributed by atoms with van der Waals surface area (Å²) in [5.41, 5.74) is -0.156. The van der Waals surface area contributed by atoms with E-state index in [2.05, 4.69) is 10.4 Å². The maximum absolute atomic E-state index is 13.0. The smallest absolute Gasteiger partial charge is 0.253 e. The van der Waals surface area contributed by atoms with Crippen LogP contribution in [0, 0.1) is 5.92 Å². The monoisotopic (exact) mass is 386 g/mol. The molecule has 0 radical (unpaired) electrons. The number of likely N-dealkylation sites (tertiary alicyclic amines) is 1. The van der Waals surface area contributed by atoms with Crippen LogP contribution in [0.25, 0.3) is 0 Å². The second kappa shape index (κ2) is 7.35. The predicted octanol–water partition coefficient (Wildman–Crippen LogP) is 2.69. The van der Waals surface area contributed by atoms with Gasteiger partial charge >= 0.3 is 0 Å². The van der Waals surface area contributed by atoms with Gasteiger partial charge in [-0.15, -0.1) is 0 Å². The van der Waals surface area contributed by atoms with Gasteiger partial charge in [-0.05, 0) is 55.9 Å². The number of aromatic nitrogens is 2. The molecule has 142 valence electrons. The van der Waals surface area contributed by atoms with Crippen molar-refractivity contribution < 1.29 is 9.59 Å². The van der Waals surface area contributed by atoms with E-state index >= 15 is 0 Å². The molecule has 1 aromatic heterocycles. The van der Waals surface area contributed by atoms with Crippen LogP contribution in [0.5, 0.6) is 0 Å². The molecule has 1 aliphatic heterocycles. The highest BCUT2D eigenvalue weighted by Gasteiger charge is 2.44. The fourth-order valence-corrected chi connectivity index (χ4v) is 3.88. The lowest BCUT2D eigenvalue weighted by Crippen LogP contribution is -2.56. The molecule has 2 aromatic rings. The Bertz CT molecular complexity index is 824. The third-order valence-corrected chi connectivity index (χ3v) is 5.80. The lowest BCUT2D eigenvalue weighted by Gasteiger charge is -2.40. The standard InChI is InChI=1S/C20H23ClN4O2/c21-17-4-1-3-16(13-17)18(26)24-11-7-20(8-12-24,25-10-2-9-23-25)19(27)22-14-15-5-6-15/h1-4,9-10,13,15H,5-8,11-12,14H2,(H,22,27). The number of rotatable bonds is 5. The van der Waals surface area contributed by atoms with Gasteiger partial charge in [0.1, 0.15) is 5.54 Å². The van der Waals surface area contributed by atoms with E-state index in [1.165, 1.54) is 12.8 Å². The Morgan fingerprint density at radius 3 is 2.63 bits per heavy atom. The number of amides is 2. The summed E-state index contributed by atoms with van der Waals surface area (Å²) >= 11 is 6.01. The first kappa shape index (κ1) is 18.0. The summed E-state index contributed by atoms with van der Waals surface area (Å²) in [5.74, 6) is 0.575. The van der Waals surface area contributed by atoms with Crippen molar-refractivity contribution in [2.24, 2.45) is 5.92 Å². The summed E-state index contributed by atoms with van der Waals surface area (Å²) < 4.78 is 1.76. The van der Waals surface area contributed by atoms with Gasteiger partial charge in [-0.1, -0.05) is 17.7 Å². The van der Waals surface area contributed by atoms with Crippen LogP contribution in [0.4, 0.5) is 0 Å². The molecule has 27 heavy (non-hydrogen) atoms. The fraction of sp³-hybridized carbons (Fsp3) is 0.450. The van der Waals surface area contributed by atoms with Crippen molar-refractivity contribution in [1.82, 2.24) is 20.0 Å². The van der Waals surface area contributed by atoms with Crippen molar-refractivity contribution in [3.8, 4) is 0 Å². The lowest BCUT2D eigenvalue weighted by atomic mass is 9.86. The average Bonchev–Trinajstić information content (AvgIpc) is 3.36. The number of hydrogen-bond donors (Lipinski definition) is 1. The summed E-state index contributed by atoms with van der Waals surface area (Å²) in [7, 11) is 0. The zero-order valence-electron chi connectivity index (χ0n) is 15.1. The average molecular weight is 387 g/mol. The van der Waals surface area contributed by atoms with Gasteiger partial charge in [-0.2, -0.15) is 5.10 Å². The molecule has 1 aliphatic carbocycles. The number of carbonyl (C=O) groups is 2. The van der Waals surface area contributed by atoms with Crippen LogP contribution in [-0.4, -0.2) is 46.1 Å². The topological polar surface area (TPSA) is 67.2 Å². The van der Waals surface area contributed by atoms with Gasteiger partial charge in [0.05, 0.1) is 0 Å². The fourth-order valence-electron chi connectivity index (χ4n) is 3.69. The molecule has 1 N–H and O–H groups in total. The van der Waals surface area contributed by atoms with Gasteiger partial charge in [0.2, 0.25) is 5.91 Å². The maximum Gasteiger partial charge on any atom is 0.253 e. The molecule has 2 aliphatic rings. The van der Waals surface area contributed by atoms with E-state index in [0.29, 0.717) is 42.4 Å². The van der Waals surface area contributed by atoms with Crippen LogP contribution in [0.15, 0.2) is 42.7 Å². The molecule has 6 nitrogen and oxygen atoms in total. The molecule has 2 heterocycles. The van der Waals surface area contributed by atoms with Gasteiger partial charge in [-0.25, -0.2) is 0 Å². The molecule has 0 atom stereocenters. The Kier molecular flexibility index (Phi) is 4.91. The maximum atomic E-state index is 13.0. The lowest BCUT2D eigenvalue weighted by molar-refractivity contribution is -0.133. The van der Waals surface area contributed by atoms with Crippen LogP contribution in [-0.2, 0) is 10.3 Å². The molecule has 0 unspecified atom stereocenters. The van der Waals surface area contributed by atoms with E-state index in [0.717, 1.165) is 6.54 Å². The Morgan fingerprint density at radius 1 is 1.22 bits per heavy atom. The minimum absolute atomic E-state index is 0.00737. The summed E-state index contributed by atoms with van der Waals surface area (Å²) in [5, 5.41) is 8.00. The highest BCUT2D eigenvalue weighted by molar-refractivity contribution is 6.30. The van der Waals surface area contributed by atoms with Crippen molar-refractivity contribution >= 4 is 23.4 Å². The van der Waals surface area contributed by atoms with Crippen LogP contribution in [0.2, 0.25) is 5.02 Å². The normalized spacial score (nSPS) is 18.9. The molecule has 1 aromatic carbocycles. The largest absolute Gasteiger partial charge is 0.354 e. The summed E-state index contributed by atoms with van der Waals surface area (Å²) in [4.78, 5) is 27.6. The van der Waals surface area contributed by atoms with Gasteiger partial charge in [0.15, 0.2) is 0 Å². The van der Waals surface area contributed by atoms with Crippen LogP contribution in [0.3, 0.4) is 0 Å². The van der Waals surface area contributed by atoms with E-state index < -0.39 is 5.54 Å². The first-order valence-corrected chi connectivity index (χ1v) is 9.79. The van der Waals surface area contributed by atoms with Crippen molar-refractivity contribution in [1.29, 1.82) is 0 Å². The number of nitrogens with one attached hydrogen (secondary N) is 1. The van der Waals surface area contributed by atoms with Gasteiger partial charge in [0.25, 0.3) is 5.91 Å². The van der Waals surface area contributed by atoms with E-state index in [-0.39, 0.29) is 11.8 Å². The van der Waals surface area contributed by atoms with Crippen molar-refractivity contribution in [3.63, 3.8) is 0 Å². The molecule has 2 amide bonds. The number of halogens is 1. The first-order valence-electron chi connectivity index (χ1n) is 9.42. The first-order chi connectivity index (χ1) is 13.1. The summed E-state index contributed by atoms with van der Waals surface area (Å²) in [6.45, 7) is 1.73. The zero-order valence-corrected chi connectivity index (χ0v) is 15.9. The van der Waals surface area contributed by atoms with Gasteiger partial charge in [0, 0.05) is 42.6 Å². The van der Waals surface area contributed by atoms with Crippen LogP contribution in [0.1, 0.15) is 36.0 Å². The number of piperidine rings is 1. The molecule has 1 saturated heterocycles. The molecular formula is C20H23ClN4O2. The van der Waals surface area contributed by atoms with Gasteiger partial charge in [-0.3, -0.25) is 14.3 Å². The second-order valence-electron chi connectivity index (χ2n) is 7.44. The zero-order chi connectivity index (χ0) is 18.9. The molecule has 7 heteroatoms. The van der Waals surface area contributed by atoms with E-state index in [1.54, 1.807) is 40.0 Å². The molecule has 0 spiro atoms. The van der Waals surface area contributed by atoms with E-state index in [9.17, 15) is 9.59 Å². The highest BCUT2D eigenvalue weighted by Crippen LogP contribution is 2.32. The number of nitrogens with zero attached hydrogens (tertiary/aromatic N) is 3. The quantitative estimate of drug-likeness (QED) is 0.859. The number of hydrogen-bond acceptors (Lipinski definition) is 3. The second-order valence-corrected chi connectivity index (χ2v) is 7.87. The third-order valence-electron chi connectivity index (χ3n) is 5.56. The Morgan fingerprint density at radius 2 is 2.00 bits per heavy atom.